The summed E-state index contributed by atoms with van der Waals surface area (Å²) < 4.78 is 6.12. The zero-order valence-corrected chi connectivity index (χ0v) is 13.9. The molecule has 0 aromatic carbocycles. The van der Waals surface area contributed by atoms with Crippen molar-refractivity contribution < 1.29 is 9.53 Å². The summed E-state index contributed by atoms with van der Waals surface area (Å²) in [6.07, 6.45) is 4.18. The van der Waals surface area contributed by atoms with Crippen molar-refractivity contribution in [2.24, 2.45) is 5.92 Å². The van der Waals surface area contributed by atoms with E-state index in [1.54, 1.807) is 0 Å². The number of ketones is 1. The van der Waals surface area contributed by atoms with Crippen LogP contribution in [-0.2, 0) is 9.53 Å². The molecule has 1 spiro atoms. The first-order chi connectivity index (χ1) is 9.70. The van der Waals surface area contributed by atoms with Gasteiger partial charge in [-0.3, -0.25) is 9.69 Å². The van der Waals surface area contributed by atoms with Gasteiger partial charge in [0.05, 0.1) is 11.6 Å². The van der Waals surface area contributed by atoms with E-state index in [1.165, 1.54) is 11.5 Å². The van der Waals surface area contributed by atoms with Crippen LogP contribution in [0.3, 0.4) is 0 Å². The molecule has 3 rings (SSSR count). The van der Waals surface area contributed by atoms with Crippen molar-refractivity contribution in [3.63, 3.8) is 0 Å². The third-order valence-electron chi connectivity index (χ3n) is 5.02. The highest BCUT2D eigenvalue weighted by atomic mass is 32.2. The van der Waals surface area contributed by atoms with E-state index >= 15 is 0 Å². The van der Waals surface area contributed by atoms with Crippen molar-refractivity contribution >= 4 is 29.3 Å². The molecule has 3 saturated heterocycles. The Balaban J connectivity index is 1.65. The lowest BCUT2D eigenvalue weighted by Crippen LogP contribution is -2.51. The van der Waals surface area contributed by atoms with Crippen LogP contribution in [0.4, 0.5) is 0 Å². The molecule has 2 unspecified atom stereocenters. The lowest BCUT2D eigenvalue weighted by Gasteiger charge is -2.44. The fraction of sp³-hybridized carbons (Fsp3) is 0.933. The molecule has 0 N–H and O–H groups in total. The van der Waals surface area contributed by atoms with Crippen LogP contribution in [0.5, 0.6) is 0 Å². The summed E-state index contributed by atoms with van der Waals surface area (Å²) in [6, 6.07) is 0.145. The van der Waals surface area contributed by atoms with Crippen LogP contribution in [0.1, 0.15) is 25.7 Å². The summed E-state index contributed by atoms with van der Waals surface area (Å²) in [5.74, 6) is 5.25. The minimum Gasteiger partial charge on any atom is -0.375 e. The molecular weight excluding hydrogens is 290 g/mol. The van der Waals surface area contributed by atoms with Gasteiger partial charge in [0, 0.05) is 30.6 Å². The average Bonchev–Trinajstić information content (AvgIpc) is 2.48. The van der Waals surface area contributed by atoms with Crippen LogP contribution in [0, 0.1) is 5.92 Å². The van der Waals surface area contributed by atoms with Crippen molar-refractivity contribution in [1.29, 1.82) is 0 Å². The Bertz CT molecular complexity index is 352. The monoisotopic (exact) mass is 315 g/mol. The minimum atomic E-state index is 0.0320. The quantitative estimate of drug-likeness (QED) is 0.780. The molecule has 0 aromatic heterocycles. The second kappa shape index (κ2) is 6.59. The first kappa shape index (κ1) is 15.2. The predicted molar refractivity (Wildman–Crippen MR) is 86.7 cm³/mol. The lowest BCUT2D eigenvalue weighted by atomic mass is 9.78. The third kappa shape index (κ3) is 3.21. The molecular formula is C15H25NO2S2. The van der Waals surface area contributed by atoms with Gasteiger partial charge in [-0.25, -0.2) is 0 Å². The number of ether oxygens (including phenoxy) is 1. The first-order valence-electron chi connectivity index (χ1n) is 7.74. The van der Waals surface area contributed by atoms with Crippen LogP contribution in [0.15, 0.2) is 0 Å². The molecule has 0 radical (unpaired) electrons. The summed E-state index contributed by atoms with van der Waals surface area (Å²) in [5.41, 5.74) is 0.0320. The fourth-order valence-electron chi connectivity index (χ4n) is 3.62. The van der Waals surface area contributed by atoms with Crippen LogP contribution in [-0.4, -0.2) is 65.5 Å². The number of Topliss-reactive ketones (excluding diaryl/α,β-unsaturated/α-hetero) is 1. The second-order valence-electron chi connectivity index (χ2n) is 6.31. The van der Waals surface area contributed by atoms with Crippen LogP contribution in [0.25, 0.3) is 0 Å². The number of thioether (sulfide) groups is 2. The topological polar surface area (TPSA) is 29.5 Å². The molecule has 3 fully saturated rings. The van der Waals surface area contributed by atoms with Crippen molar-refractivity contribution in [2.75, 3.05) is 43.2 Å². The van der Waals surface area contributed by atoms with E-state index in [9.17, 15) is 4.79 Å². The fourth-order valence-corrected chi connectivity index (χ4v) is 6.08. The molecule has 0 amide bonds. The summed E-state index contributed by atoms with van der Waals surface area (Å²) in [4.78, 5) is 15.1. The maximum atomic E-state index is 12.9. The maximum Gasteiger partial charge on any atom is 0.154 e. The van der Waals surface area contributed by atoms with Gasteiger partial charge < -0.3 is 4.74 Å². The molecule has 3 aliphatic rings. The molecule has 20 heavy (non-hydrogen) atoms. The van der Waals surface area contributed by atoms with Gasteiger partial charge in [-0.2, -0.15) is 23.5 Å². The van der Waals surface area contributed by atoms with Gasteiger partial charge >= 0.3 is 0 Å². The van der Waals surface area contributed by atoms with E-state index in [4.69, 9.17) is 4.74 Å². The Morgan fingerprint density at radius 2 is 2.05 bits per heavy atom. The number of rotatable bonds is 2. The van der Waals surface area contributed by atoms with Gasteiger partial charge in [-0.05, 0) is 44.2 Å². The first-order valence-corrected chi connectivity index (χ1v) is 10.0. The zero-order chi connectivity index (χ0) is 14.0. The van der Waals surface area contributed by atoms with Gasteiger partial charge in [-0.15, -0.1) is 0 Å². The number of carbonyl (C=O) groups is 1. The molecule has 3 nitrogen and oxygen atoms in total. The third-order valence-corrected chi connectivity index (χ3v) is 7.03. The van der Waals surface area contributed by atoms with Gasteiger partial charge in [0.15, 0.2) is 5.78 Å². The standard InChI is InChI=1S/C15H25NO2S2/c1-16-5-9-20-11-13(16)14(17)12-2-6-18-15(10-12)3-7-19-8-4-15/h12-13H,2-11H2,1H3. The van der Waals surface area contributed by atoms with Gasteiger partial charge in [0.1, 0.15) is 0 Å². The second-order valence-corrected chi connectivity index (χ2v) is 8.68. The summed E-state index contributed by atoms with van der Waals surface area (Å²) in [6.45, 7) is 1.83. The van der Waals surface area contributed by atoms with Crippen molar-refractivity contribution in [1.82, 2.24) is 4.90 Å². The smallest absolute Gasteiger partial charge is 0.154 e. The highest BCUT2D eigenvalue weighted by molar-refractivity contribution is 7.99. The minimum absolute atomic E-state index is 0.0320. The van der Waals surface area contributed by atoms with Crippen LogP contribution >= 0.6 is 23.5 Å². The predicted octanol–water partition coefficient (Wildman–Crippen LogP) is 2.30. The van der Waals surface area contributed by atoms with Crippen LogP contribution in [0.2, 0.25) is 0 Å². The normalized spacial score (nSPS) is 35.0. The van der Waals surface area contributed by atoms with E-state index in [-0.39, 0.29) is 17.6 Å². The number of likely N-dealkylation sites (N-methyl/N-ethyl adjacent to an activating group) is 1. The summed E-state index contributed by atoms with van der Waals surface area (Å²) in [5, 5.41) is 0. The Labute approximate surface area is 130 Å². The number of carbonyl (C=O) groups excluding carboxylic acids is 1. The van der Waals surface area contributed by atoms with E-state index in [0.717, 1.165) is 50.3 Å². The summed E-state index contributed by atoms with van der Waals surface area (Å²) in [7, 11) is 2.11. The lowest BCUT2D eigenvalue weighted by molar-refractivity contribution is -0.142. The van der Waals surface area contributed by atoms with Crippen molar-refractivity contribution in [3.8, 4) is 0 Å². The zero-order valence-electron chi connectivity index (χ0n) is 12.3. The van der Waals surface area contributed by atoms with Gasteiger partial charge in [-0.1, -0.05) is 0 Å². The Morgan fingerprint density at radius 3 is 2.80 bits per heavy atom. The Hall–Kier alpha value is 0.290. The number of nitrogens with zero attached hydrogens (tertiary/aromatic N) is 1. The SMILES string of the molecule is CN1CCSCC1C(=O)C1CCOC2(CCSCC2)C1. The average molecular weight is 316 g/mol. The molecule has 114 valence electrons. The molecule has 0 saturated carbocycles. The van der Waals surface area contributed by atoms with E-state index in [0.29, 0.717) is 5.78 Å². The molecule has 0 bridgehead atoms. The Morgan fingerprint density at radius 1 is 1.25 bits per heavy atom. The number of hydrogen-bond donors (Lipinski definition) is 0. The van der Waals surface area contributed by atoms with Gasteiger partial charge in [0.2, 0.25) is 0 Å². The van der Waals surface area contributed by atoms with E-state index < -0.39 is 0 Å². The summed E-state index contributed by atoms with van der Waals surface area (Å²) >= 11 is 3.95. The molecule has 0 aromatic rings. The Kier molecular flexibility index (Phi) is 5.01. The molecule has 3 aliphatic heterocycles. The highest BCUT2D eigenvalue weighted by Gasteiger charge is 2.43. The van der Waals surface area contributed by atoms with Crippen molar-refractivity contribution in [2.45, 2.75) is 37.3 Å². The largest absolute Gasteiger partial charge is 0.375 e. The molecule has 3 heterocycles. The highest BCUT2D eigenvalue weighted by Crippen LogP contribution is 2.40. The number of hydrogen-bond acceptors (Lipinski definition) is 5. The van der Waals surface area contributed by atoms with Crippen LogP contribution < -0.4 is 0 Å². The van der Waals surface area contributed by atoms with Crippen molar-refractivity contribution in [3.05, 3.63) is 0 Å². The van der Waals surface area contributed by atoms with Gasteiger partial charge in [0.25, 0.3) is 0 Å². The molecule has 5 heteroatoms. The molecule has 2 atom stereocenters. The van der Waals surface area contributed by atoms with E-state index in [1.807, 2.05) is 23.5 Å². The maximum absolute atomic E-state index is 12.9. The van der Waals surface area contributed by atoms with E-state index in [2.05, 4.69) is 11.9 Å². The molecule has 0 aliphatic carbocycles.